The van der Waals surface area contributed by atoms with Crippen LogP contribution in [0.3, 0.4) is 0 Å². The van der Waals surface area contributed by atoms with Crippen LogP contribution in [0.1, 0.15) is 26.9 Å². The summed E-state index contributed by atoms with van der Waals surface area (Å²) in [4.78, 5) is 28.2. The average Bonchev–Trinajstić information content (AvgIpc) is 3.34. The van der Waals surface area contributed by atoms with E-state index in [0.29, 0.717) is 11.3 Å². The minimum Gasteiger partial charge on any atom is -0.325 e. The summed E-state index contributed by atoms with van der Waals surface area (Å²) in [5.74, 6) is -0.168. The van der Waals surface area contributed by atoms with E-state index in [0.717, 1.165) is 13.0 Å². The molecule has 6 nitrogen and oxygen atoms in total. The number of anilines is 1. The molecule has 144 valence electrons. The van der Waals surface area contributed by atoms with Gasteiger partial charge in [-0.3, -0.25) is 19.8 Å². The largest absolute Gasteiger partial charge is 0.325 e. The van der Waals surface area contributed by atoms with Gasteiger partial charge in [0.25, 0.3) is 5.69 Å². The van der Waals surface area contributed by atoms with Gasteiger partial charge in [-0.05, 0) is 47.9 Å². The minimum absolute atomic E-state index is 0.00940. The first kappa shape index (κ1) is 18.8. The zero-order chi connectivity index (χ0) is 19.7. The maximum absolute atomic E-state index is 12.7. The van der Waals surface area contributed by atoms with Crippen molar-refractivity contribution in [2.24, 2.45) is 0 Å². The number of thiophene rings is 2. The van der Waals surface area contributed by atoms with E-state index in [1.54, 1.807) is 41.7 Å². The zero-order valence-corrected chi connectivity index (χ0v) is 16.9. The number of carbonyl (C=O) groups is 1. The van der Waals surface area contributed by atoms with Gasteiger partial charge in [-0.25, -0.2) is 0 Å². The molecule has 28 heavy (non-hydrogen) atoms. The smallest absolute Gasteiger partial charge is 0.274 e. The van der Waals surface area contributed by atoms with Gasteiger partial charge < -0.3 is 5.32 Å². The van der Waals surface area contributed by atoms with Crippen LogP contribution < -0.4 is 5.32 Å². The highest BCUT2D eigenvalue weighted by atomic mass is 32.1. The van der Waals surface area contributed by atoms with E-state index >= 15 is 0 Å². The third kappa shape index (κ3) is 3.71. The lowest BCUT2D eigenvalue weighted by Crippen LogP contribution is -2.40. The van der Waals surface area contributed by atoms with Gasteiger partial charge in [-0.1, -0.05) is 12.1 Å². The second-order valence-electron chi connectivity index (χ2n) is 6.74. The van der Waals surface area contributed by atoms with Crippen molar-refractivity contribution in [2.75, 3.05) is 18.4 Å². The highest BCUT2D eigenvalue weighted by Gasteiger charge is 2.31. The molecule has 2 aromatic heterocycles. The average molecular weight is 414 g/mol. The van der Waals surface area contributed by atoms with Gasteiger partial charge in [-0.2, -0.15) is 0 Å². The van der Waals surface area contributed by atoms with Crippen LogP contribution in [0, 0.1) is 17.0 Å². The number of carbonyl (C=O) groups excluding carboxylic acids is 1. The quantitative estimate of drug-likeness (QED) is 0.489. The van der Waals surface area contributed by atoms with Gasteiger partial charge in [0.05, 0.1) is 17.5 Å². The second-order valence-corrected chi connectivity index (χ2v) is 8.72. The number of amides is 1. The number of nitrogens with one attached hydrogen (secondary N) is 1. The fourth-order valence-electron chi connectivity index (χ4n) is 3.59. The number of rotatable bonds is 5. The molecule has 0 aliphatic carbocycles. The molecule has 0 bridgehead atoms. The van der Waals surface area contributed by atoms with E-state index in [9.17, 15) is 14.9 Å². The van der Waals surface area contributed by atoms with Crippen molar-refractivity contribution >= 4 is 40.0 Å². The van der Waals surface area contributed by atoms with E-state index in [1.165, 1.54) is 21.4 Å². The molecule has 1 unspecified atom stereocenters. The molecular formula is C20H19N3O3S2. The Morgan fingerprint density at radius 2 is 2.14 bits per heavy atom. The topological polar surface area (TPSA) is 75.5 Å². The summed E-state index contributed by atoms with van der Waals surface area (Å²) in [6, 6.07) is 11.1. The number of nitrogens with zero attached hydrogens (tertiary/aromatic N) is 2. The molecular weight excluding hydrogens is 394 g/mol. The van der Waals surface area contributed by atoms with Crippen LogP contribution >= 0.6 is 22.7 Å². The van der Waals surface area contributed by atoms with Crippen molar-refractivity contribution in [1.82, 2.24) is 4.90 Å². The molecule has 0 spiro atoms. The van der Waals surface area contributed by atoms with Crippen molar-refractivity contribution in [3.05, 3.63) is 78.2 Å². The van der Waals surface area contributed by atoms with Gasteiger partial charge in [0.1, 0.15) is 0 Å². The molecule has 0 fully saturated rings. The first-order valence-corrected chi connectivity index (χ1v) is 10.7. The van der Waals surface area contributed by atoms with E-state index < -0.39 is 4.92 Å². The maximum atomic E-state index is 12.7. The molecule has 1 amide bonds. The van der Waals surface area contributed by atoms with Crippen molar-refractivity contribution in [2.45, 2.75) is 19.4 Å². The molecule has 8 heteroatoms. The molecule has 0 radical (unpaired) electrons. The molecule has 0 saturated carbocycles. The van der Waals surface area contributed by atoms with Crippen molar-refractivity contribution < 1.29 is 9.72 Å². The van der Waals surface area contributed by atoms with Crippen LogP contribution in [0.5, 0.6) is 0 Å². The molecule has 1 aromatic carbocycles. The normalized spacial score (nSPS) is 16.5. The Morgan fingerprint density at radius 1 is 1.29 bits per heavy atom. The zero-order valence-electron chi connectivity index (χ0n) is 15.3. The first-order valence-electron chi connectivity index (χ1n) is 8.91. The summed E-state index contributed by atoms with van der Waals surface area (Å²) in [5.41, 5.74) is 2.30. The summed E-state index contributed by atoms with van der Waals surface area (Å²) in [5, 5.41) is 18.1. The number of nitro benzene ring substituents is 1. The Bertz CT molecular complexity index is 1010. The van der Waals surface area contributed by atoms with Crippen molar-refractivity contribution in [3.8, 4) is 0 Å². The molecule has 1 aliphatic heterocycles. The van der Waals surface area contributed by atoms with Crippen LogP contribution in [0.25, 0.3) is 0 Å². The Labute approximate surface area is 170 Å². The van der Waals surface area contributed by atoms with Gasteiger partial charge in [0.2, 0.25) is 5.91 Å². The lowest BCUT2D eigenvalue weighted by Gasteiger charge is -2.34. The fraction of sp³-hybridized carbons (Fsp3) is 0.250. The van der Waals surface area contributed by atoms with Gasteiger partial charge in [0, 0.05) is 33.6 Å². The van der Waals surface area contributed by atoms with Crippen LogP contribution in [-0.2, 0) is 11.2 Å². The fourth-order valence-corrected chi connectivity index (χ4v) is 5.37. The van der Waals surface area contributed by atoms with Crippen molar-refractivity contribution in [3.63, 3.8) is 0 Å². The van der Waals surface area contributed by atoms with Crippen LogP contribution in [0.2, 0.25) is 0 Å². The first-order chi connectivity index (χ1) is 13.5. The number of hydrogen-bond acceptors (Lipinski definition) is 6. The Hall–Kier alpha value is -2.55. The van der Waals surface area contributed by atoms with E-state index in [2.05, 4.69) is 33.1 Å². The molecule has 3 aromatic rings. The van der Waals surface area contributed by atoms with E-state index in [1.807, 2.05) is 6.07 Å². The molecule has 1 atom stereocenters. The highest BCUT2D eigenvalue weighted by molar-refractivity contribution is 7.10. The third-order valence-corrected chi connectivity index (χ3v) is 6.84. The van der Waals surface area contributed by atoms with Gasteiger partial charge in [-0.15, -0.1) is 22.7 Å². The van der Waals surface area contributed by atoms with Crippen LogP contribution in [-0.4, -0.2) is 28.8 Å². The highest BCUT2D eigenvalue weighted by Crippen LogP contribution is 2.39. The summed E-state index contributed by atoms with van der Waals surface area (Å²) in [6.45, 7) is 2.72. The van der Waals surface area contributed by atoms with Crippen molar-refractivity contribution in [1.29, 1.82) is 0 Å². The SMILES string of the molecule is Cc1ccc(NC(=O)CN2CCc3sccc3C2c2cccs2)cc1[N+](=O)[O-]. The molecule has 3 heterocycles. The predicted molar refractivity (Wildman–Crippen MR) is 112 cm³/mol. The Balaban J connectivity index is 1.53. The molecule has 4 rings (SSSR count). The standard InChI is InChI=1S/C20H19N3O3S2/c1-13-4-5-14(11-16(13)23(25)26)21-19(24)12-22-8-6-17-15(7-10-28-17)20(22)18-3-2-9-27-18/h2-5,7,9-11,20H,6,8,12H2,1H3,(H,21,24). The summed E-state index contributed by atoms with van der Waals surface area (Å²) >= 11 is 3.46. The number of fused-ring (bicyclic) bond motifs is 1. The summed E-state index contributed by atoms with van der Waals surface area (Å²) in [7, 11) is 0. The number of hydrogen-bond donors (Lipinski definition) is 1. The predicted octanol–water partition coefficient (Wildman–Crippen LogP) is 4.61. The minimum atomic E-state index is -0.430. The third-order valence-electron chi connectivity index (χ3n) is 4.91. The number of benzene rings is 1. The molecule has 1 aliphatic rings. The lowest BCUT2D eigenvalue weighted by molar-refractivity contribution is -0.385. The van der Waals surface area contributed by atoms with Gasteiger partial charge in [0.15, 0.2) is 0 Å². The van der Waals surface area contributed by atoms with E-state index in [-0.39, 0.29) is 24.2 Å². The molecule has 1 N–H and O–H groups in total. The lowest BCUT2D eigenvalue weighted by atomic mass is 9.98. The Kier molecular flexibility index (Phi) is 5.25. The second kappa shape index (κ2) is 7.83. The van der Waals surface area contributed by atoms with Crippen LogP contribution in [0.15, 0.2) is 47.2 Å². The number of nitro groups is 1. The number of aryl methyl sites for hydroxylation is 1. The Morgan fingerprint density at radius 3 is 2.89 bits per heavy atom. The van der Waals surface area contributed by atoms with Gasteiger partial charge >= 0.3 is 0 Å². The molecule has 0 saturated heterocycles. The van der Waals surface area contributed by atoms with Crippen LogP contribution in [0.4, 0.5) is 11.4 Å². The maximum Gasteiger partial charge on any atom is 0.274 e. The summed E-state index contributed by atoms with van der Waals surface area (Å²) in [6.07, 6.45) is 0.929. The summed E-state index contributed by atoms with van der Waals surface area (Å²) < 4.78 is 0. The monoisotopic (exact) mass is 413 g/mol. The van der Waals surface area contributed by atoms with E-state index in [4.69, 9.17) is 0 Å².